The van der Waals surface area contributed by atoms with Gasteiger partial charge < -0.3 is 30.8 Å². The van der Waals surface area contributed by atoms with Gasteiger partial charge in [0.2, 0.25) is 0 Å². The summed E-state index contributed by atoms with van der Waals surface area (Å²) in [7, 11) is 0. The minimum absolute atomic E-state index is 0.0122. The lowest BCUT2D eigenvalue weighted by Crippen LogP contribution is -2.48. The highest BCUT2D eigenvalue weighted by atomic mass is 19.4. The van der Waals surface area contributed by atoms with E-state index in [9.17, 15) is 32.3 Å². The Hall–Kier alpha value is -4.23. The van der Waals surface area contributed by atoms with Crippen molar-refractivity contribution in [3.05, 3.63) is 64.4 Å². The second kappa shape index (κ2) is 10.6. The summed E-state index contributed by atoms with van der Waals surface area (Å²) in [5, 5.41) is 11.6. The number of benzene rings is 2. The molecule has 1 aromatic heterocycles. The van der Waals surface area contributed by atoms with Gasteiger partial charge in [-0.15, -0.1) is 0 Å². The number of aromatic amines is 1. The van der Waals surface area contributed by atoms with E-state index >= 15 is 0 Å². The van der Waals surface area contributed by atoms with E-state index in [1.54, 1.807) is 23.1 Å². The van der Waals surface area contributed by atoms with Crippen molar-refractivity contribution in [1.29, 1.82) is 0 Å². The third kappa shape index (κ3) is 5.68. The molecule has 13 heteroatoms. The third-order valence-corrected chi connectivity index (χ3v) is 6.20. The Bertz CT molecular complexity index is 1460. The maximum atomic E-state index is 13.5. The van der Waals surface area contributed by atoms with Gasteiger partial charge in [-0.25, -0.2) is 4.79 Å². The van der Waals surface area contributed by atoms with Crippen molar-refractivity contribution >= 4 is 34.1 Å². The van der Waals surface area contributed by atoms with Crippen molar-refractivity contribution in [2.24, 2.45) is 5.73 Å². The van der Waals surface area contributed by atoms with E-state index in [2.05, 4.69) is 10.3 Å². The number of ether oxygens (including phenoxy) is 1. The van der Waals surface area contributed by atoms with Gasteiger partial charge in [0.25, 0.3) is 5.56 Å². The van der Waals surface area contributed by atoms with E-state index in [-0.39, 0.29) is 36.3 Å². The number of nitrogens with one attached hydrogen (secondary N) is 2. The summed E-state index contributed by atoms with van der Waals surface area (Å²) in [5.74, 6) is -3.63. The van der Waals surface area contributed by atoms with Gasteiger partial charge in [0.05, 0.1) is 24.3 Å². The number of halogens is 3. The van der Waals surface area contributed by atoms with Crippen LogP contribution in [0.3, 0.4) is 0 Å². The number of Topliss-reactive ketones (excluding diaryl/α,β-unsaturated/α-hetero) is 1. The van der Waals surface area contributed by atoms with E-state index in [0.717, 1.165) is 6.07 Å². The van der Waals surface area contributed by atoms with Crippen LogP contribution in [0.2, 0.25) is 0 Å². The van der Waals surface area contributed by atoms with Gasteiger partial charge in [0.1, 0.15) is 6.73 Å². The average molecular weight is 532 g/mol. The molecule has 200 valence electrons. The first kappa shape index (κ1) is 26.8. The van der Waals surface area contributed by atoms with E-state index in [1.807, 2.05) is 0 Å². The summed E-state index contributed by atoms with van der Waals surface area (Å²) in [6, 6.07) is 10.2. The number of aromatic nitrogens is 1. The Morgan fingerprint density at radius 2 is 1.92 bits per heavy atom. The van der Waals surface area contributed by atoms with E-state index < -0.39 is 53.6 Å². The Morgan fingerprint density at radius 3 is 2.61 bits per heavy atom. The molecule has 0 radical (unpaired) electrons. The molecule has 10 nitrogen and oxygen atoms in total. The topological polar surface area (TPSA) is 155 Å². The predicted octanol–water partition coefficient (Wildman–Crippen LogP) is 1.86. The first-order chi connectivity index (χ1) is 18.0. The van der Waals surface area contributed by atoms with Crippen LogP contribution in [-0.4, -0.2) is 59.7 Å². The van der Waals surface area contributed by atoms with Crippen LogP contribution >= 0.6 is 0 Å². The van der Waals surface area contributed by atoms with Gasteiger partial charge in [0.15, 0.2) is 5.78 Å². The fourth-order valence-corrected chi connectivity index (χ4v) is 4.32. The standard InChI is InChI=1S/C25H23F3N4O6/c26-25(27,28)18-4-2-1-3-16(18)19-7-13-5-6-14(8-17(13)22(34)30-19)32-11-15(38-12-32)9-20(21(33)10-29)31-23(35)24(36)37/h1-8,15,20H,9-12,29H2,(H,30,34)(H,31,35)(H,36,37). The minimum atomic E-state index is -4.59. The number of fused-ring (bicyclic) bond motifs is 1. The second-order valence-electron chi connectivity index (χ2n) is 8.70. The molecular weight excluding hydrogens is 509 g/mol. The van der Waals surface area contributed by atoms with Crippen molar-refractivity contribution in [2.75, 3.05) is 24.7 Å². The fraction of sp³-hybridized carbons (Fsp3) is 0.280. The summed E-state index contributed by atoms with van der Waals surface area (Å²) in [5.41, 5.74) is 4.42. The quantitative estimate of drug-likeness (QED) is 0.336. The molecule has 1 aliphatic heterocycles. The highest BCUT2D eigenvalue weighted by Crippen LogP contribution is 2.36. The molecule has 1 fully saturated rings. The number of amides is 1. The molecule has 0 spiro atoms. The average Bonchev–Trinajstić information content (AvgIpc) is 3.35. The summed E-state index contributed by atoms with van der Waals surface area (Å²) in [4.78, 5) is 51.6. The number of pyridine rings is 1. The van der Waals surface area contributed by atoms with Crippen LogP contribution in [0.5, 0.6) is 0 Å². The molecule has 2 aromatic carbocycles. The van der Waals surface area contributed by atoms with Crippen LogP contribution in [0.25, 0.3) is 22.0 Å². The number of carboxylic acid groups (broad SMARTS) is 1. The van der Waals surface area contributed by atoms with Gasteiger partial charge in [-0.1, -0.05) is 24.3 Å². The summed E-state index contributed by atoms with van der Waals surface area (Å²) < 4.78 is 46.1. The van der Waals surface area contributed by atoms with Crippen LogP contribution in [0.15, 0.2) is 53.3 Å². The fourth-order valence-electron chi connectivity index (χ4n) is 4.32. The monoisotopic (exact) mass is 532 g/mol. The molecule has 1 amide bonds. The van der Waals surface area contributed by atoms with E-state index in [4.69, 9.17) is 15.6 Å². The molecule has 2 heterocycles. The number of hydrogen-bond donors (Lipinski definition) is 4. The Labute approximate surface area is 213 Å². The Morgan fingerprint density at radius 1 is 1.18 bits per heavy atom. The molecule has 2 atom stereocenters. The molecule has 0 saturated carbocycles. The normalized spacial score (nSPS) is 16.4. The minimum Gasteiger partial charge on any atom is -0.474 e. The van der Waals surface area contributed by atoms with E-state index in [0.29, 0.717) is 11.1 Å². The number of nitrogens with zero attached hydrogens (tertiary/aromatic N) is 1. The molecule has 5 N–H and O–H groups in total. The number of nitrogens with two attached hydrogens (primary N) is 1. The number of rotatable bonds is 7. The number of carbonyl (C=O) groups is 3. The first-order valence-electron chi connectivity index (χ1n) is 11.4. The highest BCUT2D eigenvalue weighted by Gasteiger charge is 2.34. The predicted molar refractivity (Wildman–Crippen MR) is 130 cm³/mol. The van der Waals surface area contributed by atoms with Gasteiger partial charge in [0, 0.05) is 35.3 Å². The number of ketones is 1. The number of aliphatic carboxylic acids is 1. The van der Waals surface area contributed by atoms with Crippen LogP contribution in [0.4, 0.5) is 18.9 Å². The van der Waals surface area contributed by atoms with Crippen molar-refractivity contribution in [1.82, 2.24) is 10.3 Å². The van der Waals surface area contributed by atoms with Crippen molar-refractivity contribution < 1.29 is 37.4 Å². The van der Waals surface area contributed by atoms with Gasteiger partial charge in [-0.3, -0.25) is 14.4 Å². The van der Waals surface area contributed by atoms with Crippen molar-refractivity contribution in [3.63, 3.8) is 0 Å². The Kier molecular flexibility index (Phi) is 7.51. The lowest BCUT2D eigenvalue weighted by Gasteiger charge is -2.20. The van der Waals surface area contributed by atoms with Gasteiger partial charge >= 0.3 is 18.1 Å². The molecule has 4 rings (SSSR count). The largest absolute Gasteiger partial charge is 0.474 e. The molecule has 3 aromatic rings. The molecule has 1 aliphatic rings. The SMILES string of the molecule is NCC(=O)C(CC1CN(c2ccc3cc(-c4ccccc4C(F)(F)F)[nH]c(=O)c3c2)CO1)NC(=O)C(=O)O. The molecule has 0 aliphatic carbocycles. The van der Waals surface area contributed by atoms with Crippen LogP contribution in [0.1, 0.15) is 12.0 Å². The summed E-state index contributed by atoms with van der Waals surface area (Å²) in [6.45, 7) is -0.0524. The number of anilines is 1. The lowest BCUT2D eigenvalue weighted by molar-refractivity contribution is -0.151. The zero-order valence-electron chi connectivity index (χ0n) is 19.7. The zero-order valence-corrected chi connectivity index (χ0v) is 19.7. The second-order valence-corrected chi connectivity index (χ2v) is 8.70. The lowest BCUT2D eigenvalue weighted by atomic mass is 10.0. The molecule has 1 saturated heterocycles. The maximum absolute atomic E-state index is 13.5. The molecule has 2 unspecified atom stereocenters. The Balaban J connectivity index is 1.55. The number of alkyl halides is 3. The van der Waals surface area contributed by atoms with E-state index in [1.165, 1.54) is 24.3 Å². The summed E-state index contributed by atoms with van der Waals surface area (Å²) in [6.07, 6.45) is -5.16. The van der Waals surface area contributed by atoms with Crippen molar-refractivity contribution in [3.8, 4) is 11.3 Å². The smallest absolute Gasteiger partial charge is 0.417 e. The van der Waals surface area contributed by atoms with Crippen molar-refractivity contribution in [2.45, 2.75) is 24.7 Å². The molecular formula is C25H23F3N4O6. The van der Waals surface area contributed by atoms with Gasteiger partial charge in [-0.05, 0) is 29.7 Å². The maximum Gasteiger partial charge on any atom is 0.417 e. The first-order valence-corrected chi connectivity index (χ1v) is 11.4. The molecule has 38 heavy (non-hydrogen) atoms. The zero-order chi connectivity index (χ0) is 27.6. The van der Waals surface area contributed by atoms with Gasteiger partial charge in [-0.2, -0.15) is 13.2 Å². The molecule has 0 bridgehead atoms. The number of H-pyrrole nitrogens is 1. The van der Waals surface area contributed by atoms with Crippen LogP contribution in [-0.2, 0) is 25.3 Å². The number of hydrogen-bond acceptors (Lipinski definition) is 7. The van der Waals surface area contributed by atoms with Crippen LogP contribution < -0.4 is 21.5 Å². The third-order valence-electron chi connectivity index (χ3n) is 6.20. The highest BCUT2D eigenvalue weighted by molar-refractivity contribution is 6.32. The van der Waals surface area contributed by atoms with Crippen LogP contribution in [0, 0.1) is 0 Å². The number of carboxylic acids is 1. The number of carbonyl (C=O) groups excluding carboxylic acids is 2. The summed E-state index contributed by atoms with van der Waals surface area (Å²) >= 11 is 0.